The van der Waals surface area contributed by atoms with Crippen molar-refractivity contribution in [3.8, 4) is 0 Å². The Morgan fingerprint density at radius 3 is 2.70 bits per heavy atom. The first-order valence-corrected chi connectivity index (χ1v) is 7.69. The summed E-state index contributed by atoms with van der Waals surface area (Å²) in [5.74, 6) is 0.552. The van der Waals surface area contributed by atoms with E-state index in [1.807, 2.05) is 67.8 Å². The lowest BCUT2D eigenvalue weighted by Gasteiger charge is -2.11. The van der Waals surface area contributed by atoms with Crippen LogP contribution in [0.4, 0.5) is 16.4 Å². The summed E-state index contributed by atoms with van der Waals surface area (Å²) < 4.78 is 1.98. The molecule has 23 heavy (non-hydrogen) atoms. The predicted octanol–water partition coefficient (Wildman–Crippen LogP) is 4.32. The summed E-state index contributed by atoms with van der Waals surface area (Å²) in [5.41, 5.74) is 4.82. The van der Waals surface area contributed by atoms with Gasteiger partial charge in [-0.25, -0.2) is 9.78 Å². The minimum Gasteiger partial charge on any atom is -0.310 e. The molecule has 2 amide bonds. The van der Waals surface area contributed by atoms with Gasteiger partial charge in [-0.3, -0.25) is 5.32 Å². The standard InChI is InChI=1S/C18H20N4O/c1-4-22-16-8-6-5-7-14(16)19-17(22)21-18(23)20-15-11-12(2)9-10-13(15)3/h5-11H,4H2,1-3H3,(H2,19,20,21,23). The summed E-state index contributed by atoms with van der Waals surface area (Å²) in [7, 11) is 0. The van der Waals surface area contributed by atoms with E-state index in [1.54, 1.807) is 0 Å². The van der Waals surface area contributed by atoms with Gasteiger partial charge in [0, 0.05) is 12.2 Å². The molecule has 0 aliphatic carbocycles. The number of nitrogens with zero attached hydrogens (tertiary/aromatic N) is 2. The zero-order valence-corrected chi connectivity index (χ0v) is 13.6. The smallest absolute Gasteiger partial charge is 0.310 e. The van der Waals surface area contributed by atoms with Crippen LogP contribution in [0.3, 0.4) is 0 Å². The van der Waals surface area contributed by atoms with Gasteiger partial charge in [0.1, 0.15) is 0 Å². The molecule has 0 aliphatic heterocycles. The highest BCUT2D eigenvalue weighted by atomic mass is 16.2. The number of aromatic nitrogens is 2. The highest BCUT2D eigenvalue weighted by Gasteiger charge is 2.12. The van der Waals surface area contributed by atoms with Crippen molar-refractivity contribution in [1.29, 1.82) is 0 Å². The Morgan fingerprint density at radius 1 is 1.13 bits per heavy atom. The van der Waals surface area contributed by atoms with Gasteiger partial charge in [-0.15, -0.1) is 0 Å². The lowest BCUT2D eigenvalue weighted by Crippen LogP contribution is -2.22. The van der Waals surface area contributed by atoms with Crippen LogP contribution in [0.15, 0.2) is 42.5 Å². The van der Waals surface area contributed by atoms with Crippen molar-refractivity contribution in [3.63, 3.8) is 0 Å². The van der Waals surface area contributed by atoms with Crippen molar-refractivity contribution in [3.05, 3.63) is 53.6 Å². The largest absolute Gasteiger partial charge is 0.326 e. The van der Waals surface area contributed by atoms with Crippen LogP contribution in [0.1, 0.15) is 18.1 Å². The van der Waals surface area contributed by atoms with Crippen molar-refractivity contribution in [2.24, 2.45) is 0 Å². The highest BCUT2D eigenvalue weighted by Crippen LogP contribution is 2.20. The predicted molar refractivity (Wildman–Crippen MR) is 94.0 cm³/mol. The number of carbonyl (C=O) groups excluding carboxylic acids is 1. The van der Waals surface area contributed by atoms with Gasteiger partial charge in [0.05, 0.1) is 11.0 Å². The second kappa shape index (κ2) is 6.12. The molecule has 0 saturated heterocycles. The minimum absolute atomic E-state index is 0.288. The molecule has 0 bridgehead atoms. The monoisotopic (exact) mass is 308 g/mol. The van der Waals surface area contributed by atoms with E-state index >= 15 is 0 Å². The van der Waals surface area contributed by atoms with Crippen LogP contribution in [-0.2, 0) is 6.54 Å². The van der Waals surface area contributed by atoms with Gasteiger partial charge < -0.3 is 9.88 Å². The second-order valence-corrected chi connectivity index (χ2v) is 5.57. The van der Waals surface area contributed by atoms with E-state index in [0.717, 1.165) is 34.4 Å². The lowest BCUT2D eigenvalue weighted by atomic mass is 10.1. The Kier molecular flexibility index (Phi) is 4.02. The maximum Gasteiger partial charge on any atom is 0.326 e. The number of urea groups is 1. The number of benzene rings is 2. The van der Waals surface area contributed by atoms with Gasteiger partial charge in [-0.1, -0.05) is 24.3 Å². The number of amides is 2. The summed E-state index contributed by atoms with van der Waals surface area (Å²) in [6.45, 7) is 6.73. The van der Waals surface area contributed by atoms with E-state index < -0.39 is 0 Å². The fourth-order valence-electron chi connectivity index (χ4n) is 2.62. The molecule has 118 valence electrons. The molecular weight excluding hydrogens is 288 g/mol. The van der Waals surface area contributed by atoms with E-state index in [1.165, 1.54) is 0 Å². The van der Waals surface area contributed by atoms with Gasteiger partial charge >= 0.3 is 6.03 Å². The third-order valence-corrected chi connectivity index (χ3v) is 3.84. The molecule has 0 saturated carbocycles. The molecule has 0 radical (unpaired) electrons. The normalized spacial score (nSPS) is 10.7. The number of aryl methyl sites for hydroxylation is 3. The SMILES string of the molecule is CCn1c(NC(=O)Nc2cc(C)ccc2C)nc2ccccc21. The zero-order valence-electron chi connectivity index (χ0n) is 13.6. The van der Waals surface area contributed by atoms with Crippen molar-refractivity contribution in [2.45, 2.75) is 27.3 Å². The highest BCUT2D eigenvalue weighted by molar-refractivity contribution is 6.00. The topological polar surface area (TPSA) is 59.0 Å². The van der Waals surface area contributed by atoms with Crippen molar-refractivity contribution in [2.75, 3.05) is 10.6 Å². The number of anilines is 2. The number of hydrogen-bond acceptors (Lipinski definition) is 2. The number of fused-ring (bicyclic) bond motifs is 1. The van der Waals surface area contributed by atoms with E-state index in [2.05, 4.69) is 15.6 Å². The van der Waals surface area contributed by atoms with E-state index in [9.17, 15) is 4.79 Å². The summed E-state index contributed by atoms with van der Waals surface area (Å²) in [6, 6.07) is 13.5. The van der Waals surface area contributed by atoms with Crippen molar-refractivity contribution < 1.29 is 4.79 Å². The fourth-order valence-corrected chi connectivity index (χ4v) is 2.62. The molecule has 0 aliphatic rings. The van der Waals surface area contributed by atoms with E-state index in [4.69, 9.17) is 0 Å². The molecular formula is C18H20N4O. The molecule has 5 heteroatoms. The van der Waals surface area contributed by atoms with E-state index in [-0.39, 0.29) is 6.03 Å². The summed E-state index contributed by atoms with van der Waals surface area (Å²) in [6.07, 6.45) is 0. The number of para-hydroxylation sites is 2. The molecule has 2 N–H and O–H groups in total. The molecule has 0 unspecified atom stereocenters. The first-order valence-electron chi connectivity index (χ1n) is 7.69. The van der Waals surface area contributed by atoms with Crippen molar-refractivity contribution >= 4 is 28.7 Å². The summed E-state index contributed by atoms with van der Waals surface area (Å²) in [4.78, 5) is 16.8. The number of nitrogens with one attached hydrogen (secondary N) is 2. The Balaban J connectivity index is 1.84. The number of carbonyl (C=O) groups is 1. The van der Waals surface area contributed by atoms with Crippen LogP contribution < -0.4 is 10.6 Å². The first kappa shape index (κ1) is 15.1. The average Bonchev–Trinajstić information content (AvgIpc) is 2.87. The maximum atomic E-state index is 12.3. The molecule has 0 fully saturated rings. The summed E-state index contributed by atoms with van der Waals surface area (Å²) in [5, 5.41) is 5.74. The minimum atomic E-state index is -0.288. The average molecular weight is 308 g/mol. The third-order valence-electron chi connectivity index (χ3n) is 3.84. The summed E-state index contributed by atoms with van der Waals surface area (Å²) >= 11 is 0. The third kappa shape index (κ3) is 3.04. The van der Waals surface area contributed by atoms with Crippen LogP contribution in [0.2, 0.25) is 0 Å². The second-order valence-electron chi connectivity index (χ2n) is 5.57. The Labute approximate surface area is 135 Å². The maximum absolute atomic E-state index is 12.3. The number of rotatable bonds is 3. The Bertz CT molecular complexity index is 867. The quantitative estimate of drug-likeness (QED) is 0.757. The molecule has 0 spiro atoms. The fraction of sp³-hybridized carbons (Fsp3) is 0.222. The van der Waals surface area contributed by atoms with Crippen LogP contribution in [0.5, 0.6) is 0 Å². The molecule has 2 aromatic carbocycles. The zero-order chi connectivity index (χ0) is 16.4. The Hall–Kier alpha value is -2.82. The van der Waals surface area contributed by atoms with Gasteiger partial charge in [0.25, 0.3) is 0 Å². The number of imidazole rings is 1. The van der Waals surface area contributed by atoms with Crippen molar-refractivity contribution in [1.82, 2.24) is 9.55 Å². The first-order chi connectivity index (χ1) is 11.1. The Morgan fingerprint density at radius 2 is 1.91 bits per heavy atom. The van der Waals surface area contributed by atoms with Gasteiger partial charge in [-0.2, -0.15) is 0 Å². The van der Waals surface area contributed by atoms with Crippen LogP contribution in [0.25, 0.3) is 11.0 Å². The number of hydrogen-bond donors (Lipinski definition) is 2. The molecule has 1 heterocycles. The van der Waals surface area contributed by atoms with Gasteiger partial charge in [0.15, 0.2) is 0 Å². The lowest BCUT2D eigenvalue weighted by molar-refractivity contribution is 0.262. The van der Waals surface area contributed by atoms with Crippen LogP contribution in [0, 0.1) is 13.8 Å². The van der Waals surface area contributed by atoms with E-state index in [0.29, 0.717) is 5.95 Å². The van der Waals surface area contributed by atoms with Gasteiger partial charge in [-0.05, 0) is 50.1 Å². The molecule has 5 nitrogen and oxygen atoms in total. The van der Waals surface area contributed by atoms with Gasteiger partial charge in [0.2, 0.25) is 5.95 Å². The van der Waals surface area contributed by atoms with Crippen LogP contribution >= 0.6 is 0 Å². The van der Waals surface area contributed by atoms with Crippen LogP contribution in [-0.4, -0.2) is 15.6 Å². The molecule has 0 atom stereocenters. The molecule has 3 rings (SSSR count). The molecule has 3 aromatic rings. The molecule has 1 aromatic heterocycles.